The standard InChI is InChI=1S/C11H20N2O/c1-4-8(2)7-10(13-12)11-9(3)5-6-14-11/h5-6,8,10,13H,4,7,12H2,1-3H3. The van der Waals surface area contributed by atoms with Gasteiger partial charge in [-0.25, -0.2) is 5.43 Å². The molecule has 2 atom stereocenters. The molecule has 1 heterocycles. The molecule has 0 bridgehead atoms. The fraction of sp³-hybridized carbons (Fsp3) is 0.636. The number of hydrogen-bond donors (Lipinski definition) is 2. The number of nitrogens with two attached hydrogens (primary N) is 1. The van der Waals surface area contributed by atoms with Gasteiger partial charge in [0.1, 0.15) is 5.76 Å². The normalized spacial score (nSPS) is 15.4. The summed E-state index contributed by atoms with van der Waals surface area (Å²) < 4.78 is 5.42. The first-order chi connectivity index (χ1) is 6.69. The summed E-state index contributed by atoms with van der Waals surface area (Å²) >= 11 is 0. The van der Waals surface area contributed by atoms with E-state index in [0.29, 0.717) is 5.92 Å². The highest BCUT2D eigenvalue weighted by Crippen LogP contribution is 2.25. The molecule has 1 aromatic rings. The fourth-order valence-electron chi connectivity index (χ4n) is 1.56. The Bertz CT molecular complexity index is 270. The Morgan fingerprint density at radius 3 is 2.71 bits per heavy atom. The van der Waals surface area contributed by atoms with Crippen molar-refractivity contribution >= 4 is 0 Å². The zero-order valence-electron chi connectivity index (χ0n) is 9.21. The van der Waals surface area contributed by atoms with Gasteiger partial charge in [0.25, 0.3) is 0 Å². The predicted molar refractivity (Wildman–Crippen MR) is 57.6 cm³/mol. The van der Waals surface area contributed by atoms with Crippen LogP contribution in [0.2, 0.25) is 0 Å². The third-order valence-corrected chi connectivity index (χ3v) is 2.75. The fourth-order valence-corrected chi connectivity index (χ4v) is 1.56. The summed E-state index contributed by atoms with van der Waals surface area (Å²) in [6.07, 6.45) is 3.89. The molecule has 3 N–H and O–H groups in total. The van der Waals surface area contributed by atoms with Crippen LogP contribution in [0.3, 0.4) is 0 Å². The Morgan fingerprint density at radius 1 is 1.57 bits per heavy atom. The van der Waals surface area contributed by atoms with E-state index in [0.717, 1.165) is 24.2 Å². The van der Waals surface area contributed by atoms with Gasteiger partial charge in [-0.15, -0.1) is 0 Å². The summed E-state index contributed by atoms with van der Waals surface area (Å²) in [5.74, 6) is 7.14. The first-order valence-corrected chi connectivity index (χ1v) is 5.19. The lowest BCUT2D eigenvalue weighted by atomic mass is 9.97. The number of hydrogen-bond acceptors (Lipinski definition) is 3. The zero-order chi connectivity index (χ0) is 10.6. The largest absolute Gasteiger partial charge is 0.467 e. The highest BCUT2D eigenvalue weighted by molar-refractivity contribution is 5.18. The number of nitrogens with one attached hydrogen (secondary N) is 1. The minimum atomic E-state index is 0.139. The minimum Gasteiger partial charge on any atom is -0.467 e. The average Bonchev–Trinajstić information content (AvgIpc) is 2.60. The average molecular weight is 196 g/mol. The van der Waals surface area contributed by atoms with E-state index in [1.165, 1.54) is 0 Å². The second kappa shape index (κ2) is 5.17. The molecule has 0 saturated carbocycles. The summed E-state index contributed by atoms with van der Waals surface area (Å²) in [6.45, 7) is 6.45. The zero-order valence-corrected chi connectivity index (χ0v) is 9.21. The van der Waals surface area contributed by atoms with Crippen LogP contribution < -0.4 is 11.3 Å². The Hall–Kier alpha value is -0.800. The number of aryl methyl sites for hydroxylation is 1. The van der Waals surface area contributed by atoms with E-state index in [-0.39, 0.29) is 6.04 Å². The molecule has 0 saturated heterocycles. The molecular weight excluding hydrogens is 176 g/mol. The molecule has 0 fully saturated rings. The van der Waals surface area contributed by atoms with Crippen molar-refractivity contribution in [3.8, 4) is 0 Å². The van der Waals surface area contributed by atoms with Crippen LogP contribution in [0, 0.1) is 12.8 Å². The number of hydrazine groups is 1. The van der Waals surface area contributed by atoms with Crippen molar-refractivity contribution in [1.82, 2.24) is 5.43 Å². The SMILES string of the molecule is CCC(C)CC(NN)c1occc1C. The summed E-state index contributed by atoms with van der Waals surface area (Å²) in [4.78, 5) is 0. The van der Waals surface area contributed by atoms with E-state index in [1.807, 2.05) is 13.0 Å². The van der Waals surface area contributed by atoms with Gasteiger partial charge in [-0.05, 0) is 30.9 Å². The predicted octanol–water partition coefficient (Wildman–Crippen LogP) is 2.53. The summed E-state index contributed by atoms with van der Waals surface area (Å²) in [6, 6.07) is 2.11. The first kappa shape index (κ1) is 11.3. The van der Waals surface area contributed by atoms with Gasteiger partial charge in [0.15, 0.2) is 0 Å². The molecular formula is C11H20N2O. The van der Waals surface area contributed by atoms with Crippen LogP contribution in [0.15, 0.2) is 16.7 Å². The molecule has 2 unspecified atom stereocenters. The van der Waals surface area contributed by atoms with Crippen molar-refractivity contribution in [2.45, 2.75) is 39.7 Å². The highest BCUT2D eigenvalue weighted by Gasteiger charge is 2.17. The lowest BCUT2D eigenvalue weighted by Gasteiger charge is -2.18. The quantitative estimate of drug-likeness (QED) is 0.562. The Morgan fingerprint density at radius 2 is 2.29 bits per heavy atom. The molecule has 0 aliphatic rings. The van der Waals surface area contributed by atoms with E-state index in [4.69, 9.17) is 10.3 Å². The van der Waals surface area contributed by atoms with E-state index in [9.17, 15) is 0 Å². The van der Waals surface area contributed by atoms with Gasteiger partial charge >= 0.3 is 0 Å². The Kier molecular flexibility index (Phi) is 4.17. The Balaban J connectivity index is 2.67. The maximum Gasteiger partial charge on any atom is 0.124 e. The van der Waals surface area contributed by atoms with Crippen LogP contribution in [0.4, 0.5) is 0 Å². The molecule has 14 heavy (non-hydrogen) atoms. The van der Waals surface area contributed by atoms with Crippen LogP contribution in [-0.2, 0) is 0 Å². The molecule has 0 aliphatic heterocycles. The third kappa shape index (κ3) is 2.59. The molecule has 1 aromatic heterocycles. The van der Waals surface area contributed by atoms with Crippen LogP contribution in [0.1, 0.15) is 44.1 Å². The lowest BCUT2D eigenvalue weighted by Crippen LogP contribution is -2.29. The van der Waals surface area contributed by atoms with Gasteiger partial charge in [0.2, 0.25) is 0 Å². The van der Waals surface area contributed by atoms with Crippen molar-refractivity contribution in [3.05, 3.63) is 23.7 Å². The van der Waals surface area contributed by atoms with Crippen LogP contribution in [0.5, 0.6) is 0 Å². The number of furan rings is 1. The van der Waals surface area contributed by atoms with E-state index in [1.54, 1.807) is 6.26 Å². The van der Waals surface area contributed by atoms with Crippen molar-refractivity contribution in [1.29, 1.82) is 0 Å². The summed E-state index contributed by atoms with van der Waals surface area (Å²) in [5, 5.41) is 0. The maximum atomic E-state index is 5.53. The van der Waals surface area contributed by atoms with Crippen molar-refractivity contribution < 1.29 is 4.42 Å². The highest BCUT2D eigenvalue weighted by atomic mass is 16.3. The monoisotopic (exact) mass is 196 g/mol. The van der Waals surface area contributed by atoms with Gasteiger partial charge < -0.3 is 4.42 Å². The second-order valence-corrected chi connectivity index (χ2v) is 3.94. The molecule has 0 radical (unpaired) electrons. The van der Waals surface area contributed by atoms with Crippen molar-refractivity contribution in [2.24, 2.45) is 11.8 Å². The van der Waals surface area contributed by atoms with Gasteiger partial charge in [-0.2, -0.15) is 0 Å². The molecule has 0 amide bonds. The summed E-state index contributed by atoms with van der Waals surface area (Å²) in [7, 11) is 0. The molecule has 80 valence electrons. The van der Waals surface area contributed by atoms with Gasteiger partial charge in [0, 0.05) is 0 Å². The molecule has 3 heteroatoms. The van der Waals surface area contributed by atoms with Crippen LogP contribution in [0.25, 0.3) is 0 Å². The topological polar surface area (TPSA) is 51.2 Å². The van der Waals surface area contributed by atoms with Gasteiger partial charge in [0.05, 0.1) is 12.3 Å². The van der Waals surface area contributed by atoms with Crippen LogP contribution >= 0.6 is 0 Å². The maximum absolute atomic E-state index is 5.53. The van der Waals surface area contributed by atoms with Gasteiger partial charge in [-0.1, -0.05) is 20.3 Å². The van der Waals surface area contributed by atoms with E-state index < -0.39 is 0 Å². The van der Waals surface area contributed by atoms with Crippen molar-refractivity contribution in [3.63, 3.8) is 0 Å². The molecule has 0 aliphatic carbocycles. The number of rotatable bonds is 5. The summed E-state index contributed by atoms with van der Waals surface area (Å²) in [5.41, 5.74) is 3.98. The first-order valence-electron chi connectivity index (χ1n) is 5.19. The lowest BCUT2D eigenvalue weighted by molar-refractivity contribution is 0.348. The molecule has 0 aromatic carbocycles. The van der Waals surface area contributed by atoms with Crippen molar-refractivity contribution in [2.75, 3.05) is 0 Å². The smallest absolute Gasteiger partial charge is 0.124 e. The van der Waals surface area contributed by atoms with Crippen LogP contribution in [-0.4, -0.2) is 0 Å². The van der Waals surface area contributed by atoms with E-state index >= 15 is 0 Å². The second-order valence-electron chi connectivity index (χ2n) is 3.94. The minimum absolute atomic E-state index is 0.139. The molecule has 3 nitrogen and oxygen atoms in total. The molecule has 0 spiro atoms. The Labute approximate surface area is 85.6 Å². The molecule has 1 rings (SSSR count). The van der Waals surface area contributed by atoms with Gasteiger partial charge in [-0.3, -0.25) is 5.84 Å². The third-order valence-electron chi connectivity index (χ3n) is 2.75. The van der Waals surface area contributed by atoms with E-state index in [2.05, 4.69) is 19.3 Å².